The molecule has 1 atom stereocenters. The van der Waals surface area contributed by atoms with Crippen molar-refractivity contribution in [3.8, 4) is 0 Å². The van der Waals surface area contributed by atoms with Crippen molar-refractivity contribution in [3.05, 3.63) is 28.2 Å². The number of rotatable bonds is 3. The highest BCUT2D eigenvalue weighted by Gasteiger charge is 2.16. The highest BCUT2D eigenvalue weighted by Crippen LogP contribution is 2.18. The minimum absolute atomic E-state index is 0.138. The lowest BCUT2D eigenvalue weighted by Crippen LogP contribution is -2.35. The normalized spacial score (nSPS) is 19.5. The van der Waals surface area contributed by atoms with Crippen LogP contribution in [0.25, 0.3) is 0 Å². The number of hydrogen-bond donors (Lipinski definition) is 2. The van der Waals surface area contributed by atoms with E-state index in [9.17, 15) is 4.79 Å². The molecule has 98 valence electrons. The van der Waals surface area contributed by atoms with Gasteiger partial charge in [-0.2, -0.15) is 0 Å². The number of nitrogens with two attached hydrogens (primary N) is 1. The molecule has 1 aromatic rings. The summed E-state index contributed by atoms with van der Waals surface area (Å²) >= 11 is 3.32. The van der Waals surface area contributed by atoms with Gasteiger partial charge in [0, 0.05) is 23.3 Å². The third-order valence-electron chi connectivity index (χ3n) is 3.02. The predicted molar refractivity (Wildman–Crippen MR) is 74.5 cm³/mol. The molecule has 1 heterocycles. The van der Waals surface area contributed by atoms with Gasteiger partial charge in [-0.05, 0) is 37.5 Å². The van der Waals surface area contributed by atoms with Gasteiger partial charge in [-0.15, -0.1) is 0 Å². The number of amides is 1. The Kier molecular flexibility index (Phi) is 4.60. The molecule has 1 aliphatic heterocycles. The molecule has 4 nitrogen and oxygen atoms in total. The molecule has 3 N–H and O–H groups in total. The second kappa shape index (κ2) is 6.20. The van der Waals surface area contributed by atoms with E-state index in [1.807, 2.05) is 6.07 Å². The van der Waals surface area contributed by atoms with E-state index in [4.69, 9.17) is 10.5 Å². The van der Waals surface area contributed by atoms with Crippen LogP contribution in [-0.2, 0) is 4.74 Å². The minimum Gasteiger partial charge on any atom is -0.398 e. The summed E-state index contributed by atoms with van der Waals surface area (Å²) < 4.78 is 6.43. The lowest BCUT2D eigenvalue weighted by molar-refractivity contribution is 0.0169. The molecule has 5 heteroatoms. The Balaban J connectivity index is 1.90. The van der Waals surface area contributed by atoms with Gasteiger partial charge in [0.1, 0.15) is 0 Å². The molecule has 0 aliphatic carbocycles. The Morgan fingerprint density at radius 1 is 1.50 bits per heavy atom. The second-order valence-corrected chi connectivity index (χ2v) is 5.35. The number of anilines is 1. The Morgan fingerprint density at radius 3 is 3.00 bits per heavy atom. The van der Waals surface area contributed by atoms with Gasteiger partial charge >= 0.3 is 0 Å². The fourth-order valence-electron chi connectivity index (χ4n) is 2.01. The van der Waals surface area contributed by atoms with Crippen LogP contribution in [-0.4, -0.2) is 25.2 Å². The molecule has 0 spiro atoms. The molecule has 0 radical (unpaired) electrons. The van der Waals surface area contributed by atoms with Crippen molar-refractivity contribution in [2.75, 3.05) is 18.9 Å². The van der Waals surface area contributed by atoms with Crippen LogP contribution < -0.4 is 11.1 Å². The number of benzene rings is 1. The van der Waals surface area contributed by atoms with Crippen molar-refractivity contribution in [2.24, 2.45) is 0 Å². The zero-order valence-corrected chi connectivity index (χ0v) is 11.7. The van der Waals surface area contributed by atoms with Crippen molar-refractivity contribution in [2.45, 2.75) is 25.4 Å². The van der Waals surface area contributed by atoms with E-state index in [1.54, 1.807) is 12.1 Å². The summed E-state index contributed by atoms with van der Waals surface area (Å²) in [6.07, 6.45) is 3.43. The van der Waals surface area contributed by atoms with E-state index in [-0.39, 0.29) is 12.0 Å². The lowest BCUT2D eigenvalue weighted by atomic mass is 10.1. The predicted octanol–water partition coefficient (Wildman–Crippen LogP) is 2.33. The Hall–Kier alpha value is -1.07. The van der Waals surface area contributed by atoms with E-state index in [1.165, 1.54) is 6.42 Å². The van der Waals surface area contributed by atoms with Gasteiger partial charge in [0.05, 0.1) is 11.7 Å². The summed E-state index contributed by atoms with van der Waals surface area (Å²) in [6, 6.07) is 5.25. The van der Waals surface area contributed by atoms with E-state index in [2.05, 4.69) is 21.2 Å². The van der Waals surface area contributed by atoms with Crippen LogP contribution in [0.3, 0.4) is 0 Å². The molecule has 1 fully saturated rings. The largest absolute Gasteiger partial charge is 0.398 e. The maximum atomic E-state index is 12.0. The van der Waals surface area contributed by atoms with E-state index >= 15 is 0 Å². The third kappa shape index (κ3) is 3.46. The number of nitrogens with one attached hydrogen (secondary N) is 1. The van der Waals surface area contributed by atoms with Gasteiger partial charge < -0.3 is 15.8 Å². The van der Waals surface area contributed by atoms with Crippen LogP contribution in [0.4, 0.5) is 5.69 Å². The van der Waals surface area contributed by atoms with Crippen molar-refractivity contribution >= 4 is 27.5 Å². The first-order valence-corrected chi connectivity index (χ1v) is 6.91. The Bertz CT molecular complexity index is 431. The van der Waals surface area contributed by atoms with Crippen LogP contribution in [0, 0.1) is 0 Å². The number of nitrogen functional groups attached to an aromatic ring is 1. The molecule has 0 saturated carbocycles. The van der Waals surface area contributed by atoms with Gasteiger partial charge in [-0.3, -0.25) is 4.79 Å². The molecule has 1 amide bonds. The monoisotopic (exact) mass is 312 g/mol. The fourth-order valence-corrected chi connectivity index (χ4v) is 2.39. The summed E-state index contributed by atoms with van der Waals surface area (Å²) in [7, 11) is 0. The first kappa shape index (κ1) is 13.4. The smallest absolute Gasteiger partial charge is 0.253 e. The molecule has 0 bridgehead atoms. The number of carbonyl (C=O) groups is 1. The van der Waals surface area contributed by atoms with Gasteiger partial charge in [-0.25, -0.2) is 0 Å². The fraction of sp³-hybridized carbons (Fsp3) is 0.462. The van der Waals surface area contributed by atoms with Gasteiger partial charge in [-0.1, -0.05) is 15.9 Å². The number of ether oxygens (including phenoxy) is 1. The highest BCUT2D eigenvalue weighted by molar-refractivity contribution is 9.10. The van der Waals surface area contributed by atoms with E-state index in [0.717, 1.165) is 23.9 Å². The molecular formula is C13H17BrN2O2. The minimum atomic E-state index is -0.144. The van der Waals surface area contributed by atoms with Crippen LogP contribution in [0.5, 0.6) is 0 Å². The summed E-state index contributed by atoms with van der Waals surface area (Å²) in [4.78, 5) is 12.0. The van der Waals surface area contributed by atoms with E-state index in [0.29, 0.717) is 17.8 Å². The molecule has 1 unspecified atom stereocenters. The maximum absolute atomic E-state index is 12.0. The summed E-state index contributed by atoms with van der Waals surface area (Å²) in [5.74, 6) is -0.144. The number of hydrogen-bond acceptors (Lipinski definition) is 3. The third-order valence-corrected chi connectivity index (χ3v) is 3.52. The quantitative estimate of drug-likeness (QED) is 0.842. The average molecular weight is 313 g/mol. The second-order valence-electron chi connectivity index (χ2n) is 4.43. The zero-order valence-electron chi connectivity index (χ0n) is 10.1. The molecule has 1 aromatic carbocycles. The number of carbonyl (C=O) groups excluding carboxylic acids is 1. The Morgan fingerprint density at radius 2 is 2.33 bits per heavy atom. The standard InChI is InChI=1S/C13H17BrN2O2/c14-9-4-5-11(12(15)7-9)13(17)16-8-10-3-1-2-6-18-10/h4-5,7,10H,1-3,6,8,15H2,(H,16,17). The van der Waals surface area contributed by atoms with Crippen LogP contribution in [0.2, 0.25) is 0 Å². The summed E-state index contributed by atoms with van der Waals surface area (Å²) in [5.41, 5.74) is 6.80. The van der Waals surface area contributed by atoms with Gasteiger partial charge in [0.15, 0.2) is 0 Å². The van der Waals surface area contributed by atoms with Gasteiger partial charge in [0.2, 0.25) is 0 Å². The Labute approximate surface area is 115 Å². The molecule has 1 aliphatic rings. The molecule has 2 rings (SSSR count). The maximum Gasteiger partial charge on any atom is 0.253 e. The van der Waals surface area contributed by atoms with Crippen molar-refractivity contribution in [3.63, 3.8) is 0 Å². The zero-order chi connectivity index (χ0) is 13.0. The highest BCUT2D eigenvalue weighted by atomic mass is 79.9. The topological polar surface area (TPSA) is 64.4 Å². The molecule has 0 aromatic heterocycles. The van der Waals surface area contributed by atoms with Crippen molar-refractivity contribution in [1.82, 2.24) is 5.32 Å². The average Bonchev–Trinajstić information content (AvgIpc) is 2.37. The van der Waals surface area contributed by atoms with Gasteiger partial charge in [0.25, 0.3) is 5.91 Å². The lowest BCUT2D eigenvalue weighted by Gasteiger charge is -2.22. The molecule has 1 saturated heterocycles. The van der Waals surface area contributed by atoms with Crippen LogP contribution in [0.1, 0.15) is 29.6 Å². The van der Waals surface area contributed by atoms with Crippen LogP contribution in [0.15, 0.2) is 22.7 Å². The number of halogens is 1. The first-order valence-electron chi connectivity index (χ1n) is 6.11. The van der Waals surface area contributed by atoms with Crippen molar-refractivity contribution in [1.29, 1.82) is 0 Å². The summed E-state index contributed by atoms with van der Waals surface area (Å²) in [5, 5.41) is 2.87. The molecular weight excluding hydrogens is 296 g/mol. The first-order chi connectivity index (χ1) is 8.66. The van der Waals surface area contributed by atoms with E-state index < -0.39 is 0 Å². The van der Waals surface area contributed by atoms with Crippen molar-refractivity contribution < 1.29 is 9.53 Å². The molecule has 18 heavy (non-hydrogen) atoms. The SMILES string of the molecule is Nc1cc(Br)ccc1C(=O)NCC1CCCCO1. The van der Waals surface area contributed by atoms with Crippen LogP contribution >= 0.6 is 15.9 Å². The summed E-state index contributed by atoms with van der Waals surface area (Å²) in [6.45, 7) is 1.34.